The van der Waals surface area contributed by atoms with E-state index in [9.17, 15) is 4.79 Å². The first-order valence-corrected chi connectivity index (χ1v) is 9.39. The minimum Gasteiger partial charge on any atom is -0.447 e. The molecule has 4 aromatic rings. The van der Waals surface area contributed by atoms with Gasteiger partial charge in [0.1, 0.15) is 11.4 Å². The van der Waals surface area contributed by atoms with Gasteiger partial charge in [-0.05, 0) is 54.6 Å². The fraction of sp³-hybridized carbons (Fsp3) is 0.0500. The summed E-state index contributed by atoms with van der Waals surface area (Å²) in [5, 5.41) is 4.23. The molecule has 7 heteroatoms. The molecule has 0 unspecified atom stereocenters. The van der Waals surface area contributed by atoms with Crippen LogP contribution in [-0.4, -0.2) is 15.9 Å². The first kappa shape index (κ1) is 17.5. The van der Waals surface area contributed by atoms with Crippen molar-refractivity contribution in [3.8, 4) is 10.8 Å². The standard InChI is InChI=1S/C20H14ClN3O2S/c21-13-3-1-4-14(11-13)26-19-9-6-15(27-19)12-23-20(25)18-8-7-16-17(24-18)5-2-10-22-16/h1-11H,12H2,(H,23,25). The molecule has 0 aliphatic rings. The Balaban J connectivity index is 1.39. The predicted molar refractivity (Wildman–Crippen MR) is 107 cm³/mol. The van der Waals surface area contributed by atoms with Gasteiger partial charge in [0.05, 0.1) is 17.6 Å². The van der Waals surface area contributed by atoms with E-state index in [0.29, 0.717) is 28.5 Å². The normalized spacial score (nSPS) is 10.7. The van der Waals surface area contributed by atoms with Crippen LogP contribution in [0.25, 0.3) is 11.0 Å². The van der Waals surface area contributed by atoms with E-state index in [0.717, 1.165) is 15.5 Å². The van der Waals surface area contributed by atoms with E-state index in [2.05, 4.69) is 15.3 Å². The molecule has 4 rings (SSSR count). The summed E-state index contributed by atoms with van der Waals surface area (Å²) in [6.45, 7) is 0.398. The Kier molecular flexibility index (Phi) is 5.00. The van der Waals surface area contributed by atoms with Crippen molar-refractivity contribution in [3.63, 3.8) is 0 Å². The molecule has 1 aromatic carbocycles. The van der Waals surface area contributed by atoms with Gasteiger partial charge < -0.3 is 10.1 Å². The number of benzene rings is 1. The third kappa shape index (κ3) is 4.24. The summed E-state index contributed by atoms with van der Waals surface area (Å²) < 4.78 is 5.78. The van der Waals surface area contributed by atoms with Crippen LogP contribution in [0.2, 0.25) is 5.02 Å². The molecule has 134 valence electrons. The molecule has 27 heavy (non-hydrogen) atoms. The van der Waals surface area contributed by atoms with Crippen LogP contribution in [-0.2, 0) is 6.54 Å². The molecule has 0 saturated heterocycles. The van der Waals surface area contributed by atoms with Crippen LogP contribution in [0.15, 0.2) is 66.9 Å². The fourth-order valence-corrected chi connectivity index (χ4v) is 3.49. The van der Waals surface area contributed by atoms with Crippen LogP contribution in [0, 0.1) is 0 Å². The molecule has 0 radical (unpaired) electrons. The lowest BCUT2D eigenvalue weighted by atomic mass is 10.2. The van der Waals surface area contributed by atoms with Crippen molar-refractivity contribution < 1.29 is 9.53 Å². The molecule has 5 nitrogen and oxygen atoms in total. The van der Waals surface area contributed by atoms with Crippen LogP contribution in [0.4, 0.5) is 0 Å². The van der Waals surface area contributed by atoms with Crippen molar-refractivity contribution >= 4 is 39.9 Å². The molecule has 0 fully saturated rings. The predicted octanol–water partition coefficient (Wildman–Crippen LogP) is 5.07. The third-order valence-corrected chi connectivity index (χ3v) is 4.96. The smallest absolute Gasteiger partial charge is 0.270 e. The van der Waals surface area contributed by atoms with Crippen LogP contribution >= 0.6 is 22.9 Å². The molecule has 0 bridgehead atoms. The molecular formula is C20H14ClN3O2S. The number of aromatic nitrogens is 2. The maximum absolute atomic E-state index is 12.4. The Morgan fingerprint density at radius 1 is 1.07 bits per heavy atom. The Morgan fingerprint density at radius 2 is 2.00 bits per heavy atom. The summed E-state index contributed by atoms with van der Waals surface area (Å²) in [5.74, 6) is 0.445. The van der Waals surface area contributed by atoms with Gasteiger partial charge in [-0.15, -0.1) is 11.3 Å². The van der Waals surface area contributed by atoms with Crippen LogP contribution in [0.5, 0.6) is 10.8 Å². The lowest BCUT2D eigenvalue weighted by Crippen LogP contribution is -2.23. The summed E-state index contributed by atoms with van der Waals surface area (Å²) in [5.41, 5.74) is 1.82. The van der Waals surface area contributed by atoms with Crippen molar-refractivity contribution in [2.24, 2.45) is 0 Å². The zero-order chi connectivity index (χ0) is 18.6. The summed E-state index contributed by atoms with van der Waals surface area (Å²) in [6, 6.07) is 18.1. The average Bonchev–Trinajstić information content (AvgIpc) is 3.13. The monoisotopic (exact) mass is 395 g/mol. The Bertz CT molecular complexity index is 1110. The maximum Gasteiger partial charge on any atom is 0.270 e. The van der Waals surface area contributed by atoms with Gasteiger partial charge >= 0.3 is 0 Å². The number of hydrogen-bond acceptors (Lipinski definition) is 5. The van der Waals surface area contributed by atoms with Crippen LogP contribution < -0.4 is 10.1 Å². The largest absolute Gasteiger partial charge is 0.447 e. The van der Waals surface area contributed by atoms with Gasteiger partial charge in [-0.25, -0.2) is 4.98 Å². The number of halogens is 1. The van der Waals surface area contributed by atoms with E-state index in [1.165, 1.54) is 11.3 Å². The van der Waals surface area contributed by atoms with E-state index in [4.69, 9.17) is 16.3 Å². The number of fused-ring (bicyclic) bond motifs is 1. The second kappa shape index (κ2) is 7.73. The van der Waals surface area contributed by atoms with E-state index in [-0.39, 0.29) is 5.91 Å². The lowest BCUT2D eigenvalue weighted by Gasteiger charge is -2.04. The summed E-state index contributed by atoms with van der Waals surface area (Å²) >= 11 is 7.42. The highest BCUT2D eigenvalue weighted by Gasteiger charge is 2.10. The summed E-state index contributed by atoms with van der Waals surface area (Å²) in [6.07, 6.45) is 1.70. The highest BCUT2D eigenvalue weighted by atomic mass is 35.5. The quantitative estimate of drug-likeness (QED) is 0.512. The number of carbonyl (C=O) groups is 1. The average molecular weight is 396 g/mol. The second-order valence-corrected chi connectivity index (χ2v) is 7.27. The van der Waals surface area contributed by atoms with Crippen LogP contribution in [0.1, 0.15) is 15.4 Å². The van der Waals surface area contributed by atoms with Crippen molar-refractivity contribution in [1.82, 2.24) is 15.3 Å². The van der Waals surface area contributed by atoms with Gasteiger partial charge in [0.2, 0.25) is 0 Å². The van der Waals surface area contributed by atoms with Gasteiger partial charge in [-0.1, -0.05) is 17.7 Å². The minimum absolute atomic E-state index is 0.230. The highest BCUT2D eigenvalue weighted by Crippen LogP contribution is 2.30. The number of thiophene rings is 1. The Morgan fingerprint density at radius 3 is 2.89 bits per heavy atom. The van der Waals surface area contributed by atoms with Crippen molar-refractivity contribution in [3.05, 3.63) is 82.5 Å². The summed E-state index contributed by atoms with van der Waals surface area (Å²) in [4.78, 5) is 21.9. The molecule has 0 saturated carbocycles. The van der Waals surface area contributed by atoms with Gasteiger partial charge in [0.15, 0.2) is 5.06 Å². The van der Waals surface area contributed by atoms with Gasteiger partial charge in [-0.2, -0.15) is 0 Å². The number of rotatable bonds is 5. The topological polar surface area (TPSA) is 64.1 Å². The number of hydrogen-bond donors (Lipinski definition) is 1. The zero-order valence-electron chi connectivity index (χ0n) is 14.1. The van der Waals surface area contributed by atoms with Crippen molar-refractivity contribution in [1.29, 1.82) is 0 Å². The summed E-state index contributed by atoms with van der Waals surface area (Å²) in [7, 11) is 0. The maximum atomic E-state index is 12.4. The molecule has 1 N–H and O–H groups in total. The molecule has 0 aliphatic carbocycles. The molecule has 0 aliphatic heterocycles. The minimum atomic E-state index is -0.230. The molecular weight excluding hydrogens is 382 g/mol. The molecule has 0 atom stereocenters. The Hall–Kier alpha value is -2.96. The van der Waals surface area contributed by atoms with E-state index < -0.39 is 0 Å². The fourth-order valence-electron chi connectivity index (χ4n) is 2.50. The van der Waals surface area contributed by atoms with Crippen molar-refractivity contribution in [2.45, 2.75) is 6.54 Å². The molecule has 1 amide bonds. The molecule has 3 aromatic heterocycles. The van der Waals surface area contributed by atoms with Gasteiger partial charge in [-0.3, -0.25) is 9.78 Å². The van der Waals surface area contributed by atoms with Gasteiger partial charge in [0.25, 0.3) is 5.91 Å². The zero-order valence-corrected chi connectivity index (χ0v) is 15.6. The number of amides is 1. The molecule has 0 spiro atoms. The van der Waals surface area contributed by atoms with Crippen LogP contribution in [0.3, 0.4) is 0 Å². The first-order chi connectivity index (χ1) is 13.2. The SMILES string of the molecule is O=C(NCc1ccc(Oc2cccc(Cl)c2)s1)c1ccc2ncccc2n1. The van der Waals surface area contributed by atoms with Crippen molar-refractivity contribution in [2.75, 3.05) is 0 Å². The van der Waals surface area contributed by atoms with E-state index >= 15 is 0 Å². The number of carbonyl (C=O) groups excluding carboxylic acids is 1. The number of ether oxygens (including phenoxy) is 1. The van der Waals surface area contributed by atoms with E-state index in [1.54, 1.807) is 36.5 Å². The number of nitrogens with one attached hydrogen (secondary N) is 1. The lowest BCUT2D eigenvalue weighted by molar-refractivity contribution is 0.0946. The number of nitrogens with zero attached hydrogens (tertiary/aromatic N) is 2. The number of pyridine rings is 2. The molecule has 3 heterocycles. The Labute approximate surface area is 164 Å². The van der Waals surface area contributed by atoms with E-state index in [1.807, 2.05) is 30.3 Å². The highest BCUT2D eigenvalue weighted by molar-refractivity contribution is 7.13. The third-order valence-electron chi connectivity index (χ3n) is 3.76. The second-order valence-electron chi connectivity index (χ2n) is 5.70. The first-order valence-electron chi connectivity index (χ1n) is 8.19. The van der Waals surface area contributed by atoms with Gasteiger partial charge in [0, 0.05) is 16.1 Å².